The van der Waals surface area contributed by atoms with Crippen LogP contribution in [0.1, 0.15) is 27.7 Å². The molecule has 0 unspecified atom stereocenters. The quantitative estimate of drug-likeness (QED) is 0.247. The van der Waals surface area contributed by atoms with E-state index >= 15 is 0 Å². The summed E-state index contributed by atoms with van der Waals surface area (Å²) < 4.78 is 15.5. The molecule has 0 amide bonds. The lowest BCUT2D eigenvalue weighted by Crippen LogP contribution is -2.41. The molecule has 176 valence electrons. The first-order chi connectivity index (χ1) is 17.4. The van der Waals surface area contributed by atoms with Crippen molar-refractivity contribution in [2.45, 2.75) is 38.9 Å². The molecule has 6 aromatic rings. The molecule has 2 heterocycles. The zero-order chi connectivity index (χ0) is 24.7. The summed E-state index contributed by atoms with van der Waals surface area (Å²) in [6.07, 6.45) is 0. The van der Waals surface area contributed by atoms with Crippen LogP contribution in [0.5, 0.6) is 0 Å². The third kappa shape index (κ3) is 2.95. The number of rotatable bonds is 2. The summed E-state index contributed by atoms with van der Waals surface area (Å²) in [4.78, 5) is 0. The molecule has 0 atom stereocenters. The van der Waals surface area contributed by atoms with Crippen LogP contribution in [0, 0.1) is 0 Å². The number of aromatic nitrogens is 1. The summed E-state index contributed by atoms with van der Waals surface area (Å²) >= 11 is 0. The van der Waals surface area contributed by atoms with Gasteiger partial charge < -0.3 is 13.9 Å². The van der Waals surface area contributed by atoms with Gasteiger partial charge in [0, 0.05) is 16.5 Å². The van der Waals surface area contributed by atoms with Crippen LogP contribution in [-0.2, 0) is 9.31 Å². The minimum Gasteiger partial charge on any atom is -0.399 e. The fourth-order valence-electron chi connectivity index (χ4n) is 5.69. The van der Waals surface area contributed by atoms with Gasteiger partial charge >= 0.3 is 7.12 Å². The lowest BCUT2D eigenvalue weighted by Gasteiger charge is -2.32. The molecule has 1 aliphatic heterocycles. The molecule has 0 bridgehead atoms. The highest BCUT2D eigenvalue weighted by Crippen LogP contribution is 2.42. The van der Waals surface area contributed by atoms with Gasteiger partial charge in [0.05, 0.1) is 22.2 Å². The number of hydrogen-bond acceptors (Lipinski definition) is 2. The van der Waals surface area contributed by atoms with Gasteiger partial charge in [0.2, 0.25) is 0 Å². The van der Waals surface area contributed by atoms with Crippen LogP contribution >= 0.6 is 0 Å². The van der Waals surface area contributed by atoms with Crippen LogP contribution in [0.15, 0.2) is 97.1 Å². The van der Waals surface area contributed by atoms with Crippen LogP contribution in [0.2, 0.25) is 0 Å². The highest BCUT2D eigenvalue weighted by molar-refractivity contribution is 6.66. The van der Waals surface area contributed by atoms with E-state index in [1.54, 1.807) is 0 Å². The normalized spacial score (nSPS) is 17.1. The van der Waals surface area contributed by atoms with Crippen LogP contribution in [0.4, 0.5) is 0 Å². The Morgan fingerprint density at radius 3 is 1.89 bits per heavy atom. The molecule has 0 N–H and O–H groups in total. The largest absolute Gasteiger partial charge is 0.495 e. The molecule has 0 saturated carbocycles. The van der Waals surface area contributed by atoms with E-state index in [2.05, 4.69) is 129 Å². The van der Waals surface area contributed by atoms with Crippen molar-refractivity contribution in [1.29, 1.82) is 0 Å². The van der Waals surface area contributed by atoms with E-state index in [0.717, 1.165) is 16.7 Å². The second-order valence-electron chi connectivity index (χ2n) is 10.8. The third-order valence-corrected chi connectivity index (χ3v) is 8.22. The number of para-hydroxylation sites is 1. The van der Waals surface area contributed by atoms with Crippen molar-refractivity contribution in [1.82, 2.24) is 4.57 Å². The maximum atomic E-state index is 6.57. The summed E-state index contributed by atoms with van der Waals surface area (Å²) in [5.74, 6) is 0. The summed E-state index contributed by atoms with van der Waals surface area (Å²) in [5, 5.41) is 7.45. The van der Waals surface area contributed by atoms with E-state index in [-0.39, 0.29) is 0 Å². The topological polar surface area (TPSA) is 23.4 Å². The van der Waals surface area contributed by atoms with Crippen molar-refractivity contribution in [3.8, 4) is 5.69 Å². The average molecular weight is 469 g/mol. The van der Waals surface area contributed by atoms with E-state index < -0.39 is 18.3 Å². The predicted octanol–water partition coefficient (Wildman–Crippen LogP) is 7.39. The van der Waals surface area contributed by atoms with Gasteiger partial charge in [-0.2, -0.15) is 0 Å². The molecular formula is C32H28BNO2. The summed E-state index contributed by atoms with van der Waals surface area (Å²) in [7, 11) is -0.441. The molecule has 7 rings (SSSR count). The Labute approximate surface area is 211 Å². The van der Waals surface area contributed by atoms with Gasteiger partial charge in [-0.25, -0.2) is 0 Å². The van der Waals surface area contributed by atoms with Crippen LogP contribution in [-0.4, -0.2) is 22.9 Å². The first-order valence-corrected chi connectivity index (χ1v) is 12.6. The Balaban J connectivity index is 1.67. The van der Waals surface area contributed by atoms with Gasteiger partial charge in [0.15, 0.2) is 0 Å². The molecule has 0 aliphatic carbocycles. The van der Waals surface area contributed by atoms with Crippen LogP contribution < -0.4 is 5.46 Å². The monoisotopic (exact) mass is 469 g/mol. The van der Waals surface area contributed by atoms with Gasteiger partial charge in [0.1, 0.15) is 0 Å². The fourth-order valence-corrected chi connectivity index (χ4v) is 5.69. The van der Waals surface area contributed by atoms with E-state index in [1.165, 1.54) is 37.8 Å². The molecule has 36 heavy (non-hydrogen) atoms. The molecule has 5 aromatic carbocycles. The first-order valence-electron chi connectivity index (χ1n) is 12.6. The Bertz CT molecular complexity index is 1780. The second kappa shape index (κ2) is 7.46. The second-order valence-corrected chi connectivity index (χ2v) is 10.8. The lowest BCUT2D eigenvalue weighted by atomic mass is 9.75. The summed E-state index contributed by atoms with van der Waals surface area (Å²) in [6.45, 7) is 8.45. The number of benzene rings is 5. The summed E-state index contributed by atoms with van der Waals surface area (Å²) in [6, 6.07) is 34.8. The lowest BCUT2D eigenvalue weighted by molar-refractivity contribution is 0.00578. The number of nitrogens with zero attached hydrogens (tertiary/aromatic N) is 1. The van der Waals surface area contributed by atoms with Gasteiger partial charge in [-0.3, -0.25) is 0 Å². The SMILES string of the molecule is CC1(C)OB(c2cc3c(c4ccccc24)c2c4ccccc4ccc2n3-c2ccccc2)OC1(C)C. The number of fused-ring (bicyclic) bond motifs is 7. The van der Waals surface area contributed by atoms with E-state index in [4.69, 9.17) is 9.31 Å². The van der Waals surface area contributed by atoms with Crippen molar-refractivity contribution in [2.24, 2.45) is 0 Å². The molecular weight excluding hydrogens is 441 g/mol. The fraction of sp³-hybridized carbons (Fsp3) is 0.188. The molecule has 1 aliphatic rings. The Kier molecular flexibility index (Phi) is 4.49. The van der Waals surface area contributed by atoms with Crippen molar-refractivity contribution >= 4 is 55.9 Å². The van der Waals surface area contributed by atoms with Crippen LogP contribution in [0.3, 0.4) is 0 Å². The minimum absolute atomic E-state index is 0.407. The zero-order valence-electron chi connectivity index (χ0n) is 21.1. The van der Waals surface area contributed by atoms with Gasteiger partial charge in [-0.1, -0.05) is 72.8 Å². The van der Waals surface area contributed by atoms with E-state index in [9.17, 15) is 0 Å². The van der Waals surface area contributed by atoms with Crippen molar-refractivity contribution in [3.63, 3.8) is 0 Å². The summed E-state index contributed by atoms with van der Waals surface area (Å²) in [5.41, 5.74) is 3.76. The molecule has 4 heteroatoms. The number of hydrogen-bond donors (Lipinski definition) is 0. The smallest absolute Gasteiger partial charge is 0.399 e. The maximum Gasteiger partial charge on any atom is 0.495 e. The predicted molar refractivity (Wildman–Crippen MR) is 152 cm³/mol. The molecule has 0 radical (unpaired) electrons. The van der Waals surface area contributed by atoms with Gasteiger partial charge in [0.25, 0.3) is 0 Å². The first kappa shape index (κ1) is 21.7. The Hall–Kier alpha value is -3.60. The van der Waals surface area contributed by atoms with Crippen molar-refractivity contribution < 1.29 is 9.31 Å². The Morgan fingerprint density at radius 1 is 0.583 bits per heavy atom. The maximum absolute atomic E-state index is 6.57. The van der Waals surface area contributed by atoms with Gasteiger partial charge in [-0.15, -0.1) is 0 Å². The van der Waals surface area contributed by atoms with Gasteiger partial charge in [-0.05, 0) is 79.0 Å². The third-order valence-electron chi connectivity index (χ3n) is 8.22. The molecule has 1 saturated heterocycles. The zero-order valence-corrected chi connectivity index (χ0v) is 21.1. The average Bonchev–Trinajstić information content (AvgIpc) is 3.33. The minimum atomic E-state index is -0.441. The van der Waals surface area contributed by atoms with Crippen molar-refractivity contribution in [2.75, 3.05) is 0 Å². The molecule has 1 fully saturated rings. The highest BCUT2D eigenvalue weighted by Gasteiger charge is 2.52. The molecule has 0 spiro atoms. The molecule has 1 aromatic heterocycles. The van der Waals surface area contributed by atoms with Crippen LogP contribution in [0.25, 0.3) is 49.0 Å². The van der Waals surface area contributed by atoms with Crippen molar-refractivity contribution in [3.05, 3.63) is 97.1 Å². The molecule has 3 nitrogen and oxygen atoms in total. The standard InChI is InChI=1S/C32H28BNO2/c1-31(2)32(3,4)36-33(35-31)26-20-28-30(25-17-11-10-16-24(25)26)29-23-15-9-8-12-21(23)18-19-27(29)34(28)22-13-6-5-7-14-22/h5-20H,1-4H3. The van der Waals surface area contributed by atoms with E-state index in [1.807, 2.05) is 0 Å². The van der Waals surface area contributed by atoms with E-state index in [0.29, 0.717) is 0 Å². The highest BCUT2D eigenvalue weighted by atomic mass is 16.7. The Morgan fingerprint density at radius 2 is 1.17 bits per heavy atom.